The van der Waals surface area contributed by atoms with Crippen LogP contribution in [0.1, 0.15) is 5.56 Å². The Morgan fingerprint density at radius 1 is 1.31 bits per heavy atom. The van der Waals surface area contributed by atoms with Crippen LogP contribution < -0.4 is 11.1 Å². The second-order valence-electron chi connectivity index (χ2n) is 3.12. The predicted octanol–water partition coefficient (Wildman–Crippen LogP) is 1.98. The number of nitrogens with two attached hydrogens (primary N) is 1. The number of hydrogen-bond donors (Lipinski definition) is 2. The highest BCUT2D eigenvalue weighted by atomic mass is 19.1. The molecule has 3 N–H and O–H groups in total. The standard InChI is InChI=1S/C9H8F2N4O/c1-4-2-3-5(10)7(6(4)11)13-9-15-14-8(12)16-9/h2-3H,1H3,(H2,12,14)(H,13,15). The van der Waals surface area contributed by atoms with Gasteiger partial charge in [0.15, 0.2) is 5.82 Å². The first kappa shape index (κ1) is 10.3. The number of benzene rings is 1. The molecular formula is C9H8F2N4O. The summed E-state index contributed by atoms with van der Waals surface area (Å²) in [5.74, 6) is -1.46. The molecule has 0 saturated heterocycles. The van der Waals surface area contributed by atoms with Gasteiger partial charge in [-0.05, 0) is 18.6 Å². The van der Waals surface area contributed by atoms with E-state index >= 15 is 0 Å². The van der Waals surface area contributed by atoms with Crippen LogP contribution in [0, 0.1) is 18.6 Å². The number of halogens is 2. The number of anilines is 3. The number of nitrogen functional groups attached to an aromatic ring is 1. The van der Waals surface area contributed by atoms with Crippen LogP contribution in [0.15, 0.2) is 16.5 Å². The van der Waals surface area contributed by atoms with E-state index < -0.39 is 11.6 Å². The van der Waals surface area contributed by atoms with E-state index in [-0.39, 0.29) is 17.7 Å². The second-order valence-corrected chi connectivity index (χ2v) is 3.12. The van der Waals surface area contributed by atoms with Crippen LogP contribution >= 0.6 is 0 Å². The summed E-state index contributed by atoms with van der Waals surface area (Å²) in [7, 11) is 0. The first-order chi connectivity index (χ1) is 7.58. The Balaban J connectivity index is 2.37. The minimum Gasteiger partial charge on any atom is -0.389 e. The highest BCUT2D eigenvalue weighted by Crippen LogP contribution is 2.24. The van der Waals surface area contributed by atoms with Gasteiger partial charge in [0.2, 0.25) is 0 Å². The highest BCUT2D eigenvalue weighted by molar-refractivity contribution is 5.55. The zero-order valence-corrected chi connectivity index (χ0v) is 8.29. The van der Waals surface area contributed by atoms with E-state index in [1.807, 2.05) is 0 Å². The third-order valence-electron chi connectivity index (χ3n) is 1.96. The monoisotopic (exact) mass is 226 g/mol. The van der Waals surface area contributed by atoms with Gasteiger partial charge in [0.05, 0.1) is 0 Å². The maximum atomic E-state index is 13.5. The van der Waals surface area contributed by atoms with Crippen molar-refractivity contribution in [2.45, 2.75) is 6.92 Å². The van der Waals surface area contributed by atoms with Gasteiger partial charge in [0.1, 0.15) is 11.5 Å². The lowest BCUT2D eigenvalue weighted by Gasteiger charge is -2.06. The van der Waals surface area contributed by atoms with E-state index in [0.29, 0.717) is 5.56 Å². The predicted molar refractivity (Wildman–Crippen MR) is 53.1 cm³/mol. The number of nitrogens with zero attached hydrogens (tertiary/aromatic N) is 2. The Labute approximate surface area is 89.3 Å². The van der Waals surface area contributed by atoms with Crippen LogP contribution in [0.25, 0.3) is 0 Å². The second kappa shape index (κ2) is 3.76. The zero-order chi connectivity index (χ0) is 11.7. The molecule has 0 bridgehead atoms. The molecule has 0 unspecified atom stereocenters. The Bertz CT molecular complexity index is 526. The Kier molecular flexibility index (Phi) is 2.43. The molecule has 2 aromatic rings. The number of nitrogens with one attached hydrogen (secondary N) is 1. The molecule has 0 aliphatic carbocycles. The van der Waals surface area contributed by atoms with Crippen LogP contribution in [-0.2, 0) is 0 Å². The van der Waals surface area contributed by atoms with Gasteiger partial charge in [0.25, 0.3) is 0 Å². The molecule has 0 aliphatic rings. The molecule has 16 heavy (non-hydrogen) atoms. The minimum atomic E-state index is -0.750. The van der Waals surface area contributed by atoms with Gasteiger partial charge in [-0.2, -0.15) is 0 Å². The van der Waals surface area contributed by atoms with Crippen molar-refractivity contribution in [1.29, 1.82) is 0 Å². The van der Waals surface area contributed by atoms with Crippen LogP contribution in [0.3, 0.4) is 0 Å². The fourth-order valence-corrected chi connectivity index (χ4v) is 1.16. The highest BCUT2D eigenvalue weighted by Gasteiger charge is 2.14. The maximum Gasteiger partial charge on any atom is 0.321 e. The van der Waals surface area contributed by atoms with Crippen molar-refractivity contribution in [3.63, 3.8) is 0 Å². The van der Waals surface area contributed by atoms with Gasteiger partial charge < -0.3 is 15.5 Å². The van der Waals surface area contributed by atoms with E-state index in [9.17, 15) is 8.78 Å². The number of hydrogen-bond acceptors (Lipinski definition) is 5. The van der Waals surface area contributed by atoms with Crippen molar-refractivity contribution in [2.24, 2.45) is 0 Å². The molecule has 0 aliphatic heterocycles. The topological polar surface area (TPSA) is 77.0 Å². The lowest BCUT2D eigenvalue weighted by molar-refractivity contribution is 0.570. The summed E-state index contributed by atoms with van der Waals surface area (Å²) >= 11 is 0. The summed E-state index contributed by atoms with van der Waals surface area (Å²) in [6.45, 7) is 1.52. The van der Waals surface area contributed by atoms with Crippen LogP contribution in [0.2, 0.25) is 0 Å². The number of aryl methyl sites for hydroxylation is 1. The average Bonchev–Trinajstić information content (AvgIpc) is 2.65. The van der Waals surface area contributed by atoms with Crippen molar-refractivity contribution in [2.75, 3.05) is 11.1 Å². The molecule has 0 atom stereocenters. The molecule has 0 amide bonds. The van der Waals surface area contributed by atoms with Gasteiger partial charge in [-0.3, -0.25) is 0 Å². The molecule has 1 heterocycles. The summed E-state index contributed by atoms with van der Waals surface area (Å²) < 4.78 is 31.6. The normalized spacial score (nSPS) is 10.4. The molecule has 5 nitrogen and oxygen atoms in total. The van der Waals surface area contributed by atoms with Gasteiger partial charge in [-0.15, -0.1) is 0 Å². The lowest BCUT2D eigenvalue weighted by atomic mass is 10.2. The SMILES string of the molecule is Cc1ccc(F)c(Nc2nnc(N)o2)c1F. The fraction of sp³-hybridized carbons (Fsp3) is 0.111. The molecule has 0 spiro atoms. The summed E-state index contributed by atoms with van der Waals surface area (Å²) in [4.78, 5) is 0. The molecule has 0 saturated carbocycles. The quantitative estimate of drug-likeness (QED) is 0.818. The van der Waals surface area contributed by atoms with Crippen LogP contribution in [0.4, 0.5) is 26.5 Å². The van der Waals surface area contributed by atoms with Crippen LogP contribution in [-0.4, -0.2) is 10.2 Å². The summed E-state index contributed by atoms with van der Waals surface area (Å²) in [6, 6.07) is 2.12. The third-order valence-corrected chi connectivity index (χ3v) is 1.96. The van der Waals surface area contributed by atoms with Crippen molar-refractivity contribution in [3.05, 3.63) is 29.3 Å². The van der Waals surface area contributed by atoms with Crippen molar-refractivity contribution in [1.82, 2.24) is 10.2 Å². The summed E-state index contributed by atoms with van der Waals surface area (Å²) in [6.07, 6.45) is 0. The lowest BCUT2D eigenvalue weighted by Crippen LogP contribution is -1.99. The van der Waals surface area contributed by atoms with Gasteiger partial charge in [-0.1, -0.05) is 16.3 Å². The molecule has 2 rings (SSSR count). The van der Waals surface area contributed by atoms with Crippen molar-refractivity contribution in [3.8, 4) is 0 Å². The summed E-state index contributed by atoms with van der Waals surface area (Å²) in [5, 5.41) is 9.12. The van der Waals surface area contributed by atoms with Crippen molar-refractivity contribution >= 4 is 17.7 Å². The Morgan fingerprint density at radius 2 is 2.06 bits per heavy atom. The van der Waals surface area contributed by atoms with E-state index in [0.717, 1.165) is 6.07 Å². The van der Waals surface area contributed by atoms with Crippen molar-refractivity contribution < 1.29 is 13.2 Å². The zero-order valence-electron chi connectivity index (χ0n) is 8.29. The fourth-order valence-electron chi connectivity index (χ4n) is 1.16. The minimum absolute atomic E-state index is 0.166. The van der Waals surface area contributed by atoms with E-state index in [1.165, 1.54) is 13.0 Å². The molecule has 7 heteroatoms. The number of rotatable bonds is 2. The average molecular weight is 226 g/mol. The van der Waals surface area contributed by atoms with E-state index in [4.69, 9.17) is 10.2 Å². The third kappa shape index (κ3) is 1.79. The molecule has 1 aromatic heterocycles. The summed E-state index contributed by atoms with van der Waals surface area (Å²) in [5.41, 5.74) is 5.13. The molecule has 0 radical (unpaired) electrons. The van der Waals surface area contributed by atoms with Gasteiger partial charge in [-0.25, -0.2) is 8.78 Å². The van der Waals surface area contributed by atoms with Crippen LogP contribution in [0.5, 0.6) is 0 Å². The first-order valence-corrected chi connectivity index (χ1v) is 4.38. The Hall–Kier alpha value is -2.18. The molecule has 1 aromatic carbocycles. The van der Waals surface area contributed by atoms with E-state index in [2.05, 4.69) is 15.5 Å². The molecule has 0 fully saturated rings. The largest absolute Gasteiger partial charge is 0.389 e. The Morgan fingerprint density at radius 3 is 2.69 bits per heavy atom. The van der Waals surface area contributed by atoms with Gasteiger partial charge >= 0.3 is 12.0 Å². The van der Waals surface area contributed by atoms with Gasteiger partial charge in [0, 0.05) is 0 Å². The smallest absolute Gasteiger partial charge is 0.321 e. The number of aromatic nitrogens is 2. The molecule has 84 valence electrons. The first-order valence-electron chi connectivity index (χ1n) is 4.38. The molecular weight excluding hydrogens is 218 g/mol. The van der Waals surface area contributed by atoms with E-state index in [1.54, 1.807) is 0 Å². The maximum absolute atomic E-state index is 13.5.